The van der Waals surface area contributed by atoms with Gasteiger partial charge in [-0.25, -0.2) is 13.4 Å². The molecule has 0 bridgehead atoms. The highest BCUT2D eigenvalue weighted by Gasteiger charge is 2.36. The second kappa shape index (κ2) is 11.8. The molecule has 14 heteroatoms. The smallest absolute Gasteiger partial charge is 0.235 e. The molecule has 4 aromatic rings. The molecule has 1 saturated heterocycles. The first-order chi connectivity index (χ1) is 20.3. The number of benzene rings is 2. The maximum Gasteiger partial charge on any atom is 0.235 e. The number of ether oxygens (including phenoxy) is 2. The van der Waals surface area contributed by atoms with E-state index in [1.165, 1.54) is 0 Å². The minimum Gasteiger partial charge on any atom is -0.494 e. The third kappa shape index (κ3) is 6.15. The second-order valence-corrected chi connectivity index (χ2v) is 12.9. The number of nitrogens with one attached hydrogen (secondary N) is 3. The van der Waals surface area contributed by atoms with Crippen LogP contribution in [0.1, 0.15) is 12.8 Å². The molecule has 12 nitrogen and oxygen atoms in total. The van der Waals surface area contributed by atoms with Gasteiger partial charge in [0, 0.05) is 55.4 Å². The van der Waals surface area contributed by atoms with E-state index in [-0.39, 0.29) is 5.25 Å². The topological polar surface area (TPSA) is 136 Å². The first-order valence-electron chi connectivity index (χ1n) is 13.5. The number of morpholine rings is 1. The third-order valence-electron chi connectivity index (χ3n) is 7.07. The molecule has 3 N–H and O–H groups in total. The first-order valence-corrected chi connectivity index (χ1v) is 15.9. The van der Waals surface area contributed by atoms with Crippen LogP contribution in [0.15, 0.2) is 59.5 Å². The minimum atomic E-state index is -3.44. The van der Waals surface area contributed by atoms with Crippen molar-refractivity contribution in [3.05, 3.63) is 59.5 Å². The predicted octanol–water partition coefficient (Wildman–Crippen LogP) is 4.88. The molecule has 0 unspecified atom stereocenters. The van der Waals surface area contributed by atoms with Crippen molar-refractivity contribution in [1.82, 2.24) is 19.7 Å². The molecule has 0 amide bonds. The molecule has 42 heavy (non-hydrogen) atoms. The van der Waals surface area contributed by atoms with Gasteiger partial charge in [0.05, 0.1) is 53.3 Å². The maximum atomic E-state index is 12.6. The van der Waals surface area contributed by atoms with E-state index < -0.39 is 10.0 Å². The molecule has 6 rings (SSSR count). The lowest BCUT2D eigenvalue weighted by molar-refractivity contribution is 0.122. The summed E-state index contributed by atoms with van der Waals surface area (Å²) < 4.78 is 41.7. The number of methoxy groups -OCH3 is 1. The number of nitrogens with zero attached hydrogens (tertiary/aromatic N) is 5. The Kier molecular flexibility index (Phi) is 7.92. The summed E-state index contributed by atoms with van der Waals surface area (Å²) in [5.41, 5.74) is 4.68. The van der Waals surface area contributed by atoms with Gasteiger partial charge < -0.3 is 25.0 Å². The van der Waals surface area contributed by atoms with Crippen molar-refractivity contribution in [3.63, 3.8) is 0 Å². The summed E-state index contributed by atoms with van der Waals surface area (Å²) >= 11 is 3.52. The predicted molar refractivity (Wildman–Crippen MR) is 167 cm³/mol. The average Bonchev–Trinajstić information content (AvgIpc) is 3.77. The van der Waals surface area contributed by atoms with E-state index in [0.717, 1.165) is 29.9 Å². The van der Waals surface area contributed by atoms with Crippen LogP contribution in [0.25, 0.3) is 11.1 Å². The van der Waals surface area contributed by atoms with Gasteiger partial charge >= 0.3 is 0 Å². The van der Waals surface area contributed by atoms with E-state index in [9.17, 15) is 8.42 Å². The number of rotatable bonds is 10. The summed E-state index contributed by atoms with van der Waals surface area (Å²) in [5, 5.41) is 10.6. The molecular weight excluding hydrogens is 624 g/mol. The number of hydrogen-bond donors (Lipinski definition) is 3. The fraction of sp³-hybridized carbons (Fsp3) is 0.321. The molecule has 0 radical (unpaired) electrons. The van der Waals surface area contributed by atoms with E-state index in [1.54, 1.807) is 36.2 Å². The largest absolute Gasteiger partial charge is 0.494 e. The van der Waals surface area contributed by atoms with Crippen molar-refractivity contribution < 1.29 is 17.9 Å². The molecule has 0 spiro atoms. The summed E-state index contributed by atoms with van der Waals surface area (Å²) in [5.74, 6) is 1.42. The van der Waals surface area contributed by atoms with Crippen LogP contribution >= 0.6 is 15.9 Å². The van der Waals surface area contributed by atoms with E-state index in [1.807, 2.05) is 37.6 Å². The fourth-order valence-electron chi connectivity index (χ4n) is 4.75. The quantitative estimate of drug-likeness (QED) is 0.217. The SMILES string of the molecule is COc1cc(N2CCOCC2)c(-c2cnn(C)c2)cc1Nc1ncc(Br)c(Nc2ccccc2NS(=O)(=O)C2CC2)n1. The average molecular weight is 656 g/mol. The number of sulfonamides is 1. The molecule has 0 atom stereocenters. The molecule has 2 fully saturated rings. The van der Waals surface area contributed by atoms with E-state index in [2.05, 4.69) is 51.3 Å². The van der Waals surface area contributed by atoms with Gasteiger partial charge in [0.15, 0.2) is 0 Å². The standard InChI is InChI=1S/C28H31BrN8O4S/c1-36-17-18(15-31-36)20-13-24(26(40-2)14-25(20)37-9-11-41-12-10-37)33-28-30-16-21(29)27(34-28)32-22-5-3-4-6-23(22)35-42(38,39)19-7-8-19/h3-6,13-17,19,35H,7-12H2,1-2H3,(H2,30,32,33,34). The number of hydrogen-bond acceptors (Lipinski definition) is 10. The number of aromatic nitrogens is 4. The Bertz CT molecular complexity index is 1700. The molecule has 3 heterocycles. The van der Waals surface area contributed by atoms with Gasteiger partial charge in [0.1, 0.15) is 11.6 Å². The molecule has 2 aliphatic rings. The highest BCUT2D eigenvalue weighted by Crippen LogP contribution is 2.41. The van der Waals surface area contributed by atoms with E-state index >= 15 is 0 Å². The zero-order valence-electron chi connectivity index (χ0n) is 23.2. The van der Waals surface area contributed by atoms with Crippen LogP contribution in [0, 0.1) is 0 Å². The third-order valence-corrected chi connectivity index (χ3v) is 9.51. The Morgan fingerprint density at radius 2 is 1.81 bits per heavy atom. The Morgan fingerprint density at radius 3 is 2.50 bits per heavy atom. The number of halogens is 1. The maximum absolute atomic E-state index is 12.6. The normalized spacial score (nSPS) is 15.4. The second-order valence-electron chi connectivity index (χ2n) is 10.1. The lowest BCUT2D eigenvalue weighted by atomic mass is 10.0. The van der Waals surface area contributed by atoms with Gasteiger partial charge in [0.25, 0.3) is 0 Å². The highest BCUT2D eigenvalue weighted by atomic mass is 79.9. The Hall–Kier alpha value is -3.88. The number of para-hydroxylation sites is 2. The number of aryl methyl sites for hydroxylation is 1. The van der Waals surface area contributed by atoms with Gasteiger partial charge in [0.2, 0.25) is 16.0 Å². The van der Waals surface area contributed by atoms with Crippen LogP contribution < -0.4 is 25.0 Å². The summed E-state index contributed by atoms with van der Waals surface area (Å²) in [6.45, 7) is 2.85. The monoisotopic (exact) mass is 654 g/mol. The Balaban J connectivity index is 1.31. The van der Waals surface area contributed by atoms with E-state index in [0.29, 0.717) is 65.1 Å². The van der Waals surface area contributed by atoms with Crippen molar-refractivity contribution in [1.29, 1.82) is 0 Å². The van der Waals surface area contributed by atoms with Crippen molar-refractivity contribution >= 4 is 60.5 Å². The number of anilines is 6. The molecule has 1 aliphatic carbocycles. The van der Waals surface area contributed by atoms with Gasteiger partial charge in [-0.05, 0) is 47.0 Å². The summed E-state index contributed by atoms with van der Waals surface area (Å²) in [6, 6.07) is 11.1. The van der Waals surface area contributed by atoms with Crippen LogP contribution in [0.4, 0.5) is 34.5 Å². The molecule has 2 aromatic heterocycles. The Morgan fingerprint density at radius 1 is 1.05 bits per heavy atom. The Labute approximate surface area is 252 Å². The van der Waals surface area contributed by atoms with Gasteiger partial charge in [-0.3, -0.25) is 9.40 Å². The zero-order chi connectivity index (χ0) is 29.3. The fourth-order valence-corrected chi connectivity index (χ4v) is 6.45. The molecule has 1 aliphatic heterocycles. The van der Waals surface area contributed by atoms with Crippen molar-refractivity contribution in [2.24, 2.45) is 7.05 Å². The van der Waals surface area contributed by atoms with E-state index in [4.69, 9.17) is 9.47 Å². The highest BCUT2D eigenvalue weighted by molar-refractivity contribution is 9.10. The molecule has 2 aromatic carbocycles. The van der Waals surface area contributed by atoms with Crippen LogP contribution in [0.5, 0.6) is 5.75 Å². The van der Waals surface area contributed by atoms with Crippen molar-refractivity contribution in [2.45, 2.75) is 18.1 Å². The summed E-state index contributed by atoms with van der Waals surface area (Å²) in [7, 11) is 0.0801. The lowest BCUT2D eigenvalue weighted by Crippen LogP contribution is -2.36. The van der Waals surface area contributed by atoms with Gasteiger partial charge in [-0.2, -0.15) is 10.1 Å². The van der Waals surface area contributed by atoms with Crippen LogP contribution in [-0.2, 0) is 21.8 Å². The zero-order valence-corrected chi connectivity index (χ0v) is 25.6. The van der Waals surface area contributed by atoms with Gasteiger partial charge in [-0.15, -0.1) is 0 Å². The van der Waals surface area contributed by atoms with Gasteiger partial charge in [-0.1, -0.05) is 12.1 Å². The van der Waals surface area contributed by atoms with Crippen LogP contribution in [0.2, 0.25) is 0 Å². The first kappa shape index (κ1) is 28.2. The molecule has 1 saturated carbocycles. The van der Waals surface area contributed by atoms with Crippen LogP contribution in [-0.4, -0.2) is 66.8 Å². The van der Waals surface area contributed by atoms with Crippen molar-refractivity contribution in [3.8, 4) is 16.9 Å². The molecular formula is C28H31BrN8O4S. The summed E-state index contributed by atoms with van der Waals surface area (Å²) in [4.78, 5) is 11.4. The lowest BCUT2D eigenvalue weighted by Gasteiger charge is -2.31. The summed E-state index contributed by atoms with van der Waals surface area (Å²) in [6.07, 6.45) is 6.80. The minimum absolute atomic E-state index is 0.325. The molecule has 220 valence electrons. The van der Waals surface area contributed by atoms with Crippen LogP contribution in [0.3, 0.4) is 0 Å². The van der Waals surface area contributed by atoms with Crippen molar-refractivity contribution in [2.75, 3.05) is 53.7 Å².